The molecule has 136 valence electrons. The minimum absolute atomic E-state index is 0.146. The number of hydrogen-bond acceptors (Lipinski definition) is 5. The van der Waals surface area contributed by atoms with Crippen molar-refractivity contribution < 1.29 is 14.3 Å². The van der Waals surface area contributed by atoms with Gasteiger partial charge in [-0.15, -0.1) is 0 Å². The molecule has 0 saturated carbocycles. The van der Waals surface area contributed by atoms with E-state index in [4.69, 9.17) is 9.47 Å². The zero-order valence-electron chi connectivity index (χ0n) is 14.9. The number of rotatable bonds is 5. The van der Waals surface area contributed by atoms with E-state index in [1.807, 2.05) is 19.9 Å². The molecule has 0 aromatic heterocycles. The fourth-order valence-corrected chi connectivity index (χ4v) is 3.48. The zero-order valence-corrected chi connectivity index (χ0v) is 16.4. The number of aryl methyl sites for hydroxylation is 3. The van der Waals surface area contributed by atoms with Gasteiger partial charge in [-0.2, -0.15) is 5.10 Å². The van der Waals surface area contributed by atoms with Crippen LogP contribution in [-0.4, -0.2) is 25.5 Å². The Bertz CT molecular complexity index is 858. The van der Waals surface area contributed by atoms with Gasteiger partial charge in [-0.3, -0.25) is 4.79 Å². The molecule has 2 aromatic rings. The summed E-state index contributed by atoms with van der Waals surface area (Å²) in [5.41, 5.74) is 7.72. The van der Waals surface area contributed by atoms with Crippen LogP contribution < -0.4 is 20.2 Å². The third kappa shape index (κ3) is 4.16. The summed E-state index contributed by atoms with van der Waals surface area (Å²) in [6.07, 6.45) is 1.56. The number of halogens is 1. The van der Waals surface area contributed by atoms with E-state index in [0.29, 0.717) is 11.5 Å². The quantitative estimate of drug-likeness (QED) is 0.574. The topological polar surface area (TPSA) is 72.0 Å². The molecule has 7 heteroatoms. The van der Waals surface area contributed by atoms with E-state index in [-0.39, 0.29) is 19.2 Å². The maximum Gasteiger partial charge on any atom is 0.259 e. The van der Waals surface area contributed by atoms with Gasteiger partial charge in [-0.25, -0.2) is 5.43 Å². The number of amides is 1. The standard InChI is InChI=1S/C19H20BrN3O3/c1-11-4-12(2)18(13(3)5-11)21-9-17(24)23-22-8-14-6-15(20)19-16(7-14)25-10-26-19/h4-8,21H,9-10H2,1-3H3,(H,23,24)/b22-8-. The second-order valence-corrected chi connectivity index (χ2v) is 7.01. The van der Waals surface area contributed by atoms with E-state index in [1.165, 1.54) is 5.56 Å². The van der Waals surface area contributed by atoms with Crippen LogP contribution >= 0.6 is 15.9 Å². The van der Waals surface area contributed by atoms with Crippen LogP contribution in [0.25, 0.3) is 0 Å². The van der Waals surface area contributed by atoms with Crippen LogP contribution in [0.3, 0.4) is 0 Å². The second-order valence-electron chi connectivity index (χ2n) is 6.16. The Labute approximate surface area is 160 Å². The van der Waals surface area contributed by atoms with Crippen LogP contribution in [0.5, 0.6) is 11.5 Å². The Morgan fingerprint density at radius 3 is 2.65 bits per heavy atom. The van der Waals surface area contributed by atoms with Gasteiger partial charge < -0.3 is 14.8 Å². The highest BCUT2D eigenvalue weighted by molar-refractivity contribution is 9.10. The molecule has 0 spiro atoms. The summed E-state index contributed by atoms with van der Waals surface area (Å²) in [5, 5.41) is 7.17. The third-order valence-corrected chi connectivity index (χ3v) is 4.54. The van der Waals surface area contributed by atoms with Crippen molar-refractivity contribution in [3.8, 4) is 11.5 Å². The molecular weight excluding hydrogens is 398 g/mol. The lowest BCUT2D eigenvalue weighted by Crippen LogP contribution is -2.26. The number of ether oxygens (including phenoxy) is 2. The van der Waals surface area contributed by atoms with E-state index < -0.39 is 0 Å². The van der Waals surface area contributed by atoms with Gasteiger partial charge in [-0.05, 0) is 65.5 Å². The third-order valence-electron chi connectivity index (χ3n) is 3.96. The summed E-state index contributed by atoms with van der Waals surface area (Å²) in [6.45, 7) is 6.45. The molecule has 0 saturated heterocycles. The Morgan fingerprint density at radius 1 is 1.19 bits per heavy atom. The van der Waals surface area contributed by atoms with Gasteiger partial charge in [-0.1, -0.05) is 17.7 Å². The predicted molar refractivity (Wildman–Crippen MR) is 105 cm³/mol. The minimum atomic E-state index is -0.222. The molecule has 1 aliphatic rings. The molecule has 1 aliphatic heterocycles. The van der Waals surface area contributed by atoms with Gasteiger partial charge in [0.25, 0.3) is 5.91 Å². The molecule has 0 bridgehead atoms. The molecule has 6 nitrogen and oxygen atoms in total. The van der Waals surface area contributed by atoms with Crippen molar-refractivity contribution in [2.24, 2.45) is 5.10 Å². The number of carbonyl (C=O) groups excluding carboxylic acids is 1. The van der Waals surface area contributed by atoms with Crippen molar-refractivity contribution in [3.63, 3.8) is 0 Å². The summed E-state index contributed by atoms with van der Waals surface area (Å²) < 4.78 is 11.5. The van der Waals surface area contributed by atoms with Crippen LogP contribution in [0.2, 0.25) is 0 Å². The van der Waals surface area contributed by atoms with E-state index >= 15 is 0 Å². The Hall–Kier alpha value is -2.54. The van der Waals surface area contributed by atoms with Gasteiger partial charge in [0.05, 0.1) is 17.2 Å². The summed E-state index contributed by atoms with van der Waals surface area (Å²) in [6, 6.07) is 7.83. The average molecular weight is 418 g/mol. The molecule has 1 heterocycles. The van der Waals surface area contributed by atoms with E-state index in [1.54, 1.807) is 12.3 Å². The van der Waals surface area contributed by atoms with Crippen LogP contribution in [0.1, 0.15) is 22.3 Å². The highest BCUT2D eigenvalue weighted by Gasteiger charge is 2.17. The van der Waals surface area contributed by atoms with Crippen molar-refractivity contribution in [3.05, 3.63) is 51.0 Å². The fourth-order valence-electron chi connectivity index (χ4n) is 2.91. The van der Waals surface area contributed by atoms with Gasteiger partial charge in [0, 0.05) is 5.69 Å². The smallest absolute Gasteiger partial charge is 0.259 e. The van der Waals surface area contributed by atoms with Crippen LogP contribution in [0.4, 0.5) is 5.69 Å². The highest BCUT2D eigenvalue weighted by atomic mass is 79.9. The molecule has 1 amide bonds. The summed E-state index contributed by atoms with van der Waals surface area (Å²) in [4.78, 5) is 12.0. The Morgan fingerprint density at radius 2 is 1.92 bits per heavy atom. The van der Waals surface area contributed by atoms with E-state index in [0.717, 1.165) is 26.9 Å². The van der Waals surface area contributed by atoms with Gasteiger partial charge >= 0.3 is 0 Å². The number of hydrogen-bond donors (Lipinski definition) is 2. The predicted octanol–water partition coefficient (Wildman–Crippen LogP) is 3.67. The van der Waals surface area contributed by atoms with Gasteiger partial charge in [0.15, 0.2) is 11.5 Å². The number of carbonyl (C=O) groups is 1. The Kier molecular flexibility index (Phi) is 5.46. The van der Waals surface area contributed by atoms with E-state index in [9.17, 15) is 4.79 Å². The fraction of sp³-hybridized carbons (Fsp3) is 0.263. The maximum absolute atomic E-state index is 12.0. The molecule has 0 radical (unpaired) electrons. The second kappa shape index (κ2) is 7.78. The monoisotopic (exact) mass is 417 g/mol. The number of fused-ring (bicyclic) bond motifs is 1. The first-order valence-electron chi connectivity index (χ1n) is 8.17. The van der Waals surface area contributed by atoms with Crippen LogP contribution in [0.15, 0.2) is 33.8 Å². The lowest BCUT2D eigenvalue weighted by Gasteiger charge is -2.13. The summed E-state index contributed by atoms with van der Waals surface area (Å²) >= 11 is 3.42. The minimum Gasteiger partial charge on any atom is -0.454 e. The molecular formula is C19H20BrN3O3. The number of nitrogens with zero attached hydrogens (tertiary/aromatic N) is 1. The van der Waals surface area contributed by atoms with Crippen molar-refractivity contribution >= 4 is 33.7 Å². The Balaban J connectivity index is 1.56. The zero-order chi connectivity index (χ0) is 18.7. The molecule has 0 atom stereocenters. The van der Waals surface area contributed by atoms with Crippen molar-refractivity contribution in [1.29, 1.82) is 0 Å². The first kappa shape index (κ1) is 18.3. The van der Waals surface area contributed by atoms with E-state index in [2.05, 4.69) is 50.8 Å². The molecule has 26 heavy (non-hydrogen) atoms. The molecule has 2 N–H and O–H groups in total. The summed E-state index contributed by atoms with van der Waals surface area (Å²) in [7, 11) is 0. The number of nitrogens with one attached hydrogen (secondary N) is 2. The summed E-state index contributed by atoms with van der Waals surface area (Å²) in [5.74, 6) is 1.11. The average Bonchev–Trinajstić information content (AvgIpc) is 3.03. The van der Waals surface area contributed by atoms with Crippen LogP contribution in [-0.2, 0) is 4.79 Å². The highest BCUT2D eigenvalue weighted by Crippen LogP contribution is 2.39. The molecule has 3 rings (SSSR count). The first-order chi connectivity index (χ1) is 12.4. The first-order valence-corrected chi connectivity index (χ1v) is 8.96. The van der Waals surface area contributed by atoms with Gasteiger partial charge in [0.2, 0.25) is 6.79 Å². The molecule has 0 aliphatic carbocycles. The number of anilines is 1. The number of benzene rings is 2. The molecule has 0 fully saturated rings. The number of hydrazone groups is 1. The van der Waals surface area contributed by atoms with Crippen LogP contribution in [0, 0.1) is 20.8 Å². The lowest BCUT2D eigenvalue weighted by atomic mass is 10.1. The van der Waals surface area contributed by atoms with Crippen molar-refractivity contribution in [1.82, 2.24) is 5.43 Å². The maximum atomic E-state index is 12.0. The molecule has 2 aromatic carbocycles. The largest absolute Gasteiger partial charge is 0.454 e. The normalized spacial score (nSPS) is 12.5. The van der Waals surface area contributed by atoms with Gasteiger partial charge in [0.1, 0.15) is 0 Å². The molecule has 0 unspecified atom stereocenters. The SMILES string of the molecule is Cc1cc(C)c(NCC(=O)N/N=C\c2cc(Br)c3c(c2)OCO3)c(C)c1. The van der Waals surface area contributed by atoms with Crippen molar-refractivity contribution in [2.75, 3.05) is 18.7 Å². The lowest BCUT2D eigenvalue weighted by molar-refractivity contribution is -0.119. The van der Waals surface area contributed by atoms with Crippen molar-refractivity contribution in [2.45, 2.75) is 20.8 Å².